The number of nitriles is 1. The Balaban J connectivity index is 2.25. The Morgan fingerprint density at radius 3 is 2.78 bits per heavy atom. The highest BCUT2D eigenvalue weighted by Gasteiger charge is 2.09. The van der Waals surface area contributed by atoms with Crippen LogP contribution in [0.2, 0.25) is 0 Å². The molecule has 0 unspecified atom stereocenters. The fourth-order valence-electron chi connectivity index (χ4n) is 1.77. The molecule has 1 aromatic carbocycles. The second kappa shape index (κ2) is 5.28. The van der Waals surface area contributed by atoms with Crippen molar-refractivity contribution in [3.63, 3.8) is 0 Å². The van der Waals surface area contributed by atoms with E-state index < -0.39 is 0 Å². The van der Waals surface area contributed by atoms with Gasteiger partial charge in [0.05, 0.1) is 5.69 Å². The van der Waals surface area contributed by atoms with E-state index in [1.54, 1.807) is 42.4 Å². The molecule has 1 heterocycles. The van der Waals surface area contributed by atoms with E-state index in [-0.39, 0.29) is 5.82 Å². The standard InChI is InChI=1S/C14H12FN3/c1-18(14-7-3-2-6-12(14)15)10-11-5-4-8-17-13(11)9-16/h2-8H,10H2,1H3. The maximum absolute atomic E-state index is 13.6. The van der Waals surface area contributed by atoms with Crippen molar-refractivity contribution in [1.82, 2.24) is 4.98 Å². The molecule has 0 N–H and O–H groups in total. The van der Waals surface area contributed by atoms with Gasteiger partial charge in [-0.1, -0.05) is 18.2 Å². The van der Waals surface area contributed by atoms with Crippen LogP contribution in [0.15, 0.2) is 42.6 Å². The first kappa shape index (κ1) is 12.1. The maximum Gasteiger partial charge on any atom is 0.146 e. The van der Waals surface area contributed by atoms with Gasteiger partial charge in [-0.3, -0.25) is 0 Å². The topological polar surface area (TPSA) is 39.9 Å². The van der Waals surface area contributed by atoms with Gasteiger partial charge in [0.2, 0.25) is 0 Å². The maximum atomic E-state index is 13.6. The molecule has 1 aromatic heterocycles. The van der Waals surface area contributed by atoms with Crippen molar-refractivity contribution < 1.29 is 4.39 Å². The summed E-state index contributed by atoms with van der Waals surface area (Å²) in [6, 6.07) is 12.2. The Morgan fingerprint density at radius 2 is 2.06 bits per heavy atom. The van der Waals surface area contributed by atoms with Gasteiger partial charge in [-0.25, -0.2) is 9.37 Å². The highest BCUT2D eigenvalue weighted by Crippen LogP contribution is 2.19. The summed E-state index contributed by atoms with van der Waals surface area (Å²) in [4.78, 5) is 5.74. The molecule has 18 heavy (non-hydrogen) atoms. The Labute approximate surface area is 105 Å². The van der Waals surface area contributed by atoms with E-state index in [2.05, 4.69) is 4.98 Å². The van der Waals surface area contributed by atoms with Crippen molar-refractivity contribution in [3.8, 4) is 6.07 Å². The van der Waals surface area contributed by atoms with Crippen molar-refractivity contribution in [3.05, 3.63) is 59.7 Å². The summed E-state index contributed by atoms with van der Waals surface area (Å²) in [6.45, 7) is 0.442. The SMILES string of the molecule is CN(Cc1cccnc1C#N)c1ccccc1F. The van der Waals surface area contributed by atoms with Gasteiger partial charge in [0.1, 0.15) is 17.6 Å². The largest absolute Gasteiger partial charge is 0.368 e. The third kappa shape index (κ3) is 2.46. The lowest BCUT2D eigenvalue weighted by molar-refractivity contribution is 0.622. The zero-order valence-electron chi connectivity index (χ0n) is 9.97. The lowest BCUT2D eigenvalue weighted by atomic mass is 10.2. The molecule has 0 radical (unpaired) electrons. The molecule has 0 atom stereocenters. The van der Waals surface area contributed by atoms with Gasteiger partial charge in [-0.2, -0.15) is 5.26 Å². The number of hydrogen-bond acceptors (Lipinski definition) is 3. The average Bonchev–Trinajstić information content (AvgIpc) is 2.39. The van der Waals surface area contributed by atoms with Crippen LogP contribution in [-0.4, -0.2) is 12.0 Å². The van der Waals surface area contributed by atoms with E-state index in [1.807, 2.05) is 12.1 Å². The van der Waals surface area contributed by atoms with Crippen molar-refractivity contribution in [2.24, 2.45) is 0 Å². The van der Waals surface area contributed by atoms with Gasteiger partial charge in [0.25, 0.3) is 0 Å². The molecule has 2 aromatic rings. The Kier molecular flexibility index (Phi) is 3.54. The number of anilines is 1. The zero-order chi connectivity index (χ0) is 13.0. The number of hydrogen-bond donors (Lipinski definition) is 0. The minimum absolute atomic E-state index is 0.276. The highest BCUT2D eigenvalue weighted by atomic mass is 19.1. The number of aromatic nitrogens is 1. The van der Waals surface area contributed by atoms with Crippen molar-refractivity contribution >= 4 is 5.69 Å². The first-order valence-electron chi connectivity index (χ1n) is 5.52. The molecule has 0 aliphatic carbocycles. The van der Waals surface area contributed by atoms with Gasteiger partial charge in [-0.05, 0) is 18.2 Å². The van der Waals surface area contributed by atoms with Crippen molar-refractivity contribution in [2.75, 3.05) is 11.9 Å². The lowest BCUT2D eigenvalue weighted by Crippen LogP contribution is -2.18. The Bertz CT molecular complexity index is 590. The molecule has 0 aliphatic rings. The minimum Gasteiger partial charge on any atom is -0.368 e. The van der Waals surface area contributed by atoms with Crippen LogP contribution in [0.25, 0.3) is 0 Å². The van der Waals surface area contributed by atoms with Gasteiger partial charge in [0.15, 0.2) is 0 Å². The van der Waals surface area contributed by atoms with Crippen LogP contribution in [0.1, 0.15) is 11.3 Å². The van der Waals surface area contributed by atoms with E-state index in [1.165, 1.54) is 6.07 Å². The number of pyridine rings is 1. The molecular weight excluding hydrogens is 229 g/mol. The molecule has 4 heteroatoms. The van der Waals surface area contributed by atoms with E-state index >= 15 is 0 Å². The van der Waals surface area contributed by atoms with Crippen LogP contribution >= 0.6 is 0 Å². The van der Waals surface area contributed by atoms with Crippen molar-refractivity contribution in [2.45, 2.75) is 6.54 Å². The van der Waals surface area contributed by atoms with Crippen molar-refractivity contribution in [1.29, 1.82) is 5.26 Å². The number of halogens is 1. The van der Waals surface area contributed by atoms with Crippen LogP contribution in [0.3, 0.4) is 0 Å². The predicted molar refractivity (Wildman–Crippen MR) is 67.5 cm³/mol. The molecular formula is C14H12FN3. The smallest absolute Gasteiger partial charge is 0.146 e. The molecule has 2 rings (SSSR count). The molecule has 0 fully saturated rings. The van der Waals surface area contributed by atoms with Gasteiger partial charge in [0, 0.05) is 25.4 Å². The number of benzene rings is 1. The van der Waals surface area contributed by atoms with Crippen LogP contribution in [0, 0.1) is 17.1 Å². The lowest BCUT2D eigenvalue weighted by Gasteiger charge is -2.20. The van der Waals surface area contributed by atoms with Gasteiger partial charge >= 0.3 is 0 Å². The Morgan fingerprint density at radius 1 is 1.28 bits per heavy atom. The first-order valence-corrected chi connectivity index (χ1v) is 5.52. The second-order valence-electron chi connectivity index (χ2n) is 3.93. The predicted octanol–water partition coefficient (Wildman–Crippen LogP) is 2.73. The molecule has 0 bridgehead atoms. The summed E-state index contributed by atoms with van der Waals surface area (Å²) >= 11 is 0. The minimum atomic E-state index is -0.276. The molecule has 0 saturated carbocycles. The first-order chi connectivity index (χ1) is 8.72. The van der Waals surface area contributed by atoms with Crippen LogP contribution in [0.4, 0.5) is 10.1 Å². The summed E-state index contributed by atoms with van der Waals surface area (Å²) in [6.07, 6.45) is 1.57. The Hall–Kier alpha value is -2.41. The van der Waals surface area contributed by atoms with E-state index in [4.69, 9.17) is 5.26 Å². The van der Waals surface area contributed by atoms with Gasteiger partial charge in [-0.15, -0.1) is 0 Å². The van der Waals surface area contributed by atoms with E-state index in [0.717, 1.165) is 5.56 Å². The molecule has 0 spiro atoms. The summed E-state index contributed by atoms with van der Waals surface area (Å²) < 4.78 is 13.6. The fraction of sp³-hybridized carbons (Fsp3) is 0.143. The zero-order valence-corrected chi connectivity index (χ0v) is 9.97. The quantitative estimate of drug-likeness (QED) is 0.829. The van der Waals surface area contributed by atoms with E-state index in [9.17, 15) is 4.39 Å². The monoisotopic (exact) mass is 241 g/mol. The third-order valence-electron chi connectivity index (χ3n) is 2.67. The normalized spacial score (nSPS) is 9.83. The molecule has 0 aliphatic heterocycles. The second-order valence-corrected chi connectivity index (χ2v) is 3.93. The summed E-state index contributed by atoms with van der Waals surface area (Å²) in [5.74, 6) is -0.276. The van der Waals surface area contributed by atoms with Crippen LogP contribution in [-0.2, 0) is 6.54 Å². The van der Waals surface area contributed by atoms with Crippen LogP contribution in [0.5, 0.6) is 0 Å². The van der Waals surface area contributed by atoms with Gasteiger partial charge < -0.3 is 4.90 Å². The fourth-order valence-corrected chi connectivity index (χ4v) is 1.77. The average molecular weight is 241 g/mol. The summed E-state index contributed by atoms with van der Waals surface area (Å²) in [5.41, 5.74) is 1.66. The molecule has 3 nitrogen and oxygen atoms in total. The van der Waals surface area contributed by atoms with Crippen LogP contribution < -0.4 is 4.90 Å². The number of para-hydroxylation sites is 1. The number of nitrogens with zero attached hydrogens (tertiary/aromatic N) is 3. The molecule has 0 saturated heterocycles. The molecule has 0 amide bonds. The molecule has 90 valence electrons. The highest BCUT2D eigenvalue weighted by molar-refractivity contribution is 5.48. The number of rotatable bonds is 3. The van der Waals surface area contributed by atoms with E-state index in [0.29, 0.717) is 17.9 Å². The third-order valence-corrected chi connectivity index (χ3v) is 2.67. The summed E-state index contributed by atoms with van der Waals surface area (Å²) in [7, 11) is 1.78. The summed E-state index contributed by atoms with van der Waals surface area (Å²) in [5, 5.41) is 8.95.